The molecule has 4 nitrogen and oxygen atoms in total. The van der Waals surface area contributed by atoms with Crippen molar-refractivity contribution in [2.24, 2.45) is 0 Å². The van der Waals surface area contributed by atoms with Gasteiger partial charge in [-0.15, -0.1) is 0 Å². The van der Waals surface area contributed by atoms with Crippen molar-refractivity contribution in [3.8, 4) is 0 Å². The highest BCUT2D eigenvalue weighted by Gasteiger charge is 2.34. The standard InChI is InChI=1S/C13H19N3O/c1-10-14-7-6-13(15-10)16-8-9-17-12-5-3-2-4-11(12)16/h6-7,11-12H,2-5,8-9H2,1H3/t11-,12-/m1/s1. The van der Waals surface area contributed by atoms with E-state index in [4.69, 9.17) is 4.74 Å². The Morgan fingerprint density at radius 3 is 3.12 bits per heavy atom. The Labute approximate surface area is 102 Å². The summed E-state index contributed by atoms with van der Waals surface area (Å²) in [5.41, 5.74) is 0. The number of rotatable bonds is 1. The average molecular weight is 233 g/mol. The summed E-state index contributed by atoms with van der Waals surface area (Å²) >= 11 is 0. The first-order valence-corrected chi connectivity index (χ1v) is 6.52. The second kappa shape index (κ2) is 4.61. The van der Waals surface area contributed by atoms with Crippen LogP contribution in [-0.4, -0.2) is 35.3 Å². The van der Waals surface area contributed by atoms with Gasteiger partial charge in [0.1, 0.15) is 11.6 Å². The summed E-state index contributed by atoms with van der Waals surface area (Å²) in [5.74, 6) is 1.92. The minimum Gasteiger partial charge on any atom is -0.374 e. The molecule has 0 unspecified atom stereocenters. The normalized spacial score (nSPS) is 28.9. The van der Waals surface area contributed by atoms with Gasteiger partial charge in [0.05, 0.1) is 18.8 Å². The summed E-state index contributed by atoms with van der Waals surface area (Å²) < 4.78 is 5.88. The van der Waals surface area contributed by atoms with Crippen LogP contribution in [0.3, 0.4) is 0 Å². The van der Waals surface area contributed by atoms with Gasteiger partial charge in [0.25, 0.3) is 0 Å². The number of fused-ring (bicyclic) bond motifs is 1. The van der Waals surface area contributed by atoms with E-state index in [0.717, 1.165) is 24.8 Å². The molecule has 1 aromatic heterocycles. The Bertz CT molecular complexity index is 394. The number of morpholine rings is 1. The maximum atomic E-state index is 5.88. The Kier molecular flexibility index (Phi) is 2.97. The average Bonchev–Trinajstić information content (AvgIpc) is 2.38. The molecule has 1 saturated heterocycles. The van der Waals surface area contributed by atoms with Crippen LogP contribution in [0.15, 0.2) is 12.3 Å². The highest BCUT2D eigenvalue weighted by molar-refractivity contribution is 5.40. The van der Waals surface area contributed by atoms with E-state index in [1.54, 1.807) is 0 Å². The molecule has 17 heavy (non-hydrogen) atoms. The zero-order valence-corrected chi connectivity index (χ0v) is 10.3. The summed E-state index contributed by atoms with van der Waals surface area (Å²) in [5, 5.41) is 0. The molecule has 0 radical (unpaired) electrons. The summed E-state index contributed by atoms with van der Waals surface area (Å²) in [4.78, 5) is 11.1. The molecule has 3 rings (SSSR count). The first kappa shape index (κ1) is 11.0. The molecule has 2 fully saturated rings. The minimum atomic E-state index is 0.410. The van der Waals surface area contributed by atoms with Crippen LogP contribution in [0.1, 0.15) is 31.5 Å². The largest absolute Gasteiger partial charge is 0.374 e. The van der Waals surface area contributed by atoms with E-state index in [2.05, 4.69) is 14.9 Å². The molecule has 0 spiro atoms. The van der Waals surface area contributed by atoms with Gasteiger partial charge in [-0.25, -0.2) is 9.97 Å². The first-order chi connectivity index (χ1) is 8.34. The van der Waals surface area contributed by atoms with Crippen molar-refractivity contribution in [1.82, 2.24) is 9.97 Å². The number of aryl methyl sites for hydroxylation is 1. The molecule has 0 amide bonds. The molecule has 1 aliphatic heterocycles. The van der Waals surface area contributed by atoms with Gasteiger partial charge < -0.3 is 9.64 Å². The third kappa shape index (κ3) is 2.14. The zero-order chi connectivity index (χ0) is 11.7. The quantitative estimate of drug-likeness (QED) is 0.743. The van der Waals surface area contributed by atoms with Crippen LogP contribution in [0.2, 0.25) is 0 Å². The molecule has 2 atom stereocenters. The van der Waals surface area contributed by atoms with Crippen LogP contribution in [0.25, 0.3) is 0 Å². The lowest BCUT2D eigenvalue weighted by Crippen LogP contribution is -2.53. The zero-order valence-electron chi connectivity index (χ0n) is 10.3. The summed E-state index contributed by atoms with van der Waals surface area (Å²) in [6, 6.07) is 2.54. The van der Waals surface area contributed by atoms with Crippen molar-refractivity contribution in [2.45, 2.75) is 44.8 Å². The summed E-state index contributed by atoms with van der Waals surface area (Å²) in [7, 11) is 0. The van der Waals surface area contributed by atoms with Crippen LogP contribution in [0.5, 0.6) is 0 Å². The lowest BCUT2D eigenvalue weighted by molar-refractivity contribution is -0.00900. The van der Waals surface area contributed by atoms with E-state index in [-0.39, 0.29) is 0 Å². The maximum absolute atomic E-state index is 5.88. The van der Waals surface area contributed by atoms with Gasteiger partial charge in [-0.2, -0.15) is 0 Å². The summed E-state index contributed by atoms with van der Waals surface area (Å²) in [6.45, 7) is 3.73. The molecule has 92 valence electrons. The second-order valence-electron chi connectivity index (χ2n) is 4.92. The van der Waals surface area contributed by atoms with Crippen molar-refractivity contribution in [3.63, 3.8) is 0 Å². The molecule has 0 aromatic carbocycles. The number of ether oxygens (including phenoxy) is 1. The third-order valence-corrected chi connectivity index (χ3v) is 3.79. The fourth-order valence-electron chi connectivity index (χ4n) is 2.98. The molecule has 0 bridgehead atoms. The van der Waals surface area contributed by atoms with E-state index < -0.39 is 0 Å². The van der Waals surface area contributed by atoms with E-state index in [9.17, 15) is 0 Å². The van der Waals surface area contributed by atoms with Crippen LogP contribution >= 0.6 is 0 Å². The predicted molar refractivity (Wildman–Crippen MR) is 66.1 cm³/mol. The van der Waals surface area contributed by atoms with Gasteiger partial charge in [0.2, 0.25) is 0 Å². The monoisotopic (exact) mass is 233 g/mol. The number of anilines is 1. The third-order valence-electron chi connectivity index (χ3n) is 3.79. The van der Waals surface area contributed by atoms with E-state index >= 15 is 0 Å². The molecule has 2 aliphatic rings. The van der Waals surface area contributed by atoms with E-state index in [0.29, 0.717) is 12.1 Å². The van der Waals surface area contributed by atoms with Gasteiger partial charge in [-0.05, 0) is 25.8 Å². The number of hydrogen-bond donors (Lipinski definition) is 0. The maximum Gasteiger partial charge on any atom is 0.132 e. The van der Waals surface area contributed by atoms with Gasteiger partial charge in [-0.1, -0.05) is 12.8 Å². The van der Waals surface area contributed by atoms with Crippen molar-refractivity contribution in [1.29, 1.82) is 0 Å². The lowest BCUT2D eigenvalue weighted by Gasteiger charge is -2.44. The number of aromatic nitrogens is 2. The van der Waals surface area contributed by atoms with Crippen LogP contribution < -0.4 is 4.90 Å². The first-order valence-electron chi connectivity index (χ1n) is 6.52. The molecule has 1 aromatic rings. The number of hydrogen-bond acceptors (Lipinski definition) is 4. The van der Waals surface area contributed by atoms with Crippen molar-refractivity contribution < 1.29 is 4.74 Å². The Balaban J connectivity index is 1.85. The molecule has 1 saturated carbocycles. The van der Waals surface area contributed by atoms with Gasteiger partial charge in [-0.3, -0.25) is 0 Å². The van der Waals surface area contributed by atoms with Gasteiger partial charge >= 0.3 is 0 Å². The van der Waals surface area contributed by atoms with Crippen LogP contribution in [0.4, 0.5) is 5.82 Å². The Morgan fingerprint density at radius 1 is 1.35 bits per heavy atom. The highest BCUT2D eigenvalue weighted by Crippen LogP contribution is 2.30. The van der Waals surface area contributed by atoms with Gasteiger partial charge in [0.15, 0.2) is 0 Å². The SMILES string of the molecule is Cc1nccc(N2CCO[C@@H]3CCCC[C@H]32)n1. The molecule has 1 aliphatic carbocycles. The minimum absolute atomic E-state index is 0.410. The fraction of sp³-hybridized carbons (Fsp3) is 0.692. The predicted octanol–water partition coefficient (Wildman–Crippen LogP) is 1.93. The molecule has 0 N–H and O–H groups in total. The fourth-order valence-corrected chi connectivity index (χ4v) is 2.98. The smallest absolute Gasteiger partial charge is 0.132 e. The molecule has 2 heterocycles. The van der Waals surface area contributed by atoms with E-state index in [1.807, 2.05) is 19.2 Å². The van der Waals surface area contributed by atoms with E-state index in [1.165, 1.54) is 25.7 Å². The van der Waals surface area contributed by atoms with Gasteiger partial charge in [0, 0.05) is 12.7 Å². The topological polar surface area (TPSA) is 38.2 Å². The Hall–Kier alpha value is -1.16. The van der Waals surface area contributed by atoms with Crippen molar-refractivity contribution >= 4 is 5.82 Å². The highest BCUT2D eigenvalue weighted by atomic mass is 16.5. The lowest BCUT2D eigenvalue weighted by atomic mass is 9.90. The second-order valence-corrected chi connectivity index (χ2v) is 4.92. The van der Waals surface area contributed by atoms with Crippen LogP contribution in [0, 0.1) is 6.92 Å². The molecule has 4 heteroatoms. The van der Waals surface area contributed by atoms with Crippen molar-refractivity contribution in [3.05, 3.63) is 18.1 Å². The van der Waals surface area contributed by atoms with Crippen LogP contribution in [-0.2, 0) is 4.74 Å². The summed E-state index contributed by atoms with van der Waals surface area (Å²) in [6.07, 6.45) is 7.31. The number of nitrogens with zero attached hydrogens (tertiary/aromatic N) is 3. The molecular weight excluding hydrogens is 214 g/mol. The van der Waals surface area contributed by atoms with Crippen molar-refractivity contribution in [2.75, 3.05) is 18.1 Å². The molecular formula is C13H19N3O. The Morgan fingerprint density at radius 2 is 2.24 bits per heavy atom.